The molecule has 0 spiro atoms. The van der Waals surface area contributed by atoms with Crippen LogP contribution in [0.5, 0.6) is 0 Å². The number of para-hydroxylation sites is 1. The van der Waals surface area contributed by atoms with E-state index in [1.54, 1.807) is 54.8 Å². The Labute approximate surface area is 233 Å². The Kier molecular flexibility index (Phi) is 10.6. The lowest BCUT2D eigenvalue weighted by Crippen LogP contribution is -2.54. The molecule has 0 aliphatic carbocycles. The van der Waals surface area contributed by atoms with Crippen LogP contribution in [-0.4, -0.2) is 62.4 Å². The van der Waals surface area contributed by atoms with Crippen molar-refractivity contribution in [1.29, 1.82) is 0 Å². The number of carboxylic acid groups (broad SMARTS) is 1. The predicted octanol–water partition coefficient (Wildman–Crippen LogP) is 0.546. The molecule has 0 aliphatic heterocycles. The number of nitrogens with zero attached hydrogens (tertiary/aromatic N) is 1. The number of thioether (sulfide) groups is 1. The third-order valence-electron chi connectivity index (χ3n) is 6.26. The van der Waals surface area contributed by atoms with Gasteiger partial charge >= 0.3 is 11.7 Å². The van der Waals surface area contributed by atoms with Crippen molar-refractivity contribution in [3.8, 4) is 0 Å². The highest BCUT2D eigenvalue weighted by atomic mass is 32.2. The van der Waals surface area contributed by atoms with Crippen LogP contribution < -0.4 is 27.6 Å². The molecule has 3 rings (SSSR count). The number of aromatic amines is 1. The molecule has 13 heteroatoms. The summed E-state index contributed by atoms with van der Waals surface area (Å²) in [6.45, 7) is 0. The van der Waals surface area contributed by atoms with E-state index < -0.39 is 53.1 Å². The molecule has 0 bridgehead atoms. The number of aromatic nitrogens is 2. The second kappa shape index (κ2) is 14.1. The summed E-state index contributed by atoms with van der Waals surface area (Å²) in [5.41, 5.74) is 4.65. The van der Waals surface area contributed by atoms with Gasteiger partial charge in [0.05, 0.1) is 10.9 Å². The molecule has 1 heterocycles. The van der Waals surface area contributed by atoms with Gasteiger partial charge in [-0.2, -0.15) is 11.8 Å². The number of carbonyl (C=O) groups is 4. The molecule has 3 aromatic rings. The minimum Gasteiger partial charge on any atom is -0.480 e. The Morgan fingerprint density at radius 3 is 2.25 bits per heavy atom. The van der Waals surface area contributed by atoms with Gasteiger partial charge in [0.1, 0.15) is 18.1 Å². The third kappa shape index (κ3) is 7.82. The van der Waals surface area contributed by atoms with Gasteiger partial charge in [-0.1, -0.05) is 42.5 Å². The summed E-state index contributed by atoms with van der Waals surface area (Å²) in [6.07, 6.45) is 1.43. The number of rotatable bonds is 14. The number of carbonyl (C=O) groups excluding carboxylic acids is 3. The molecule has 2 aromatic carbocycles. The van der Waals surface area contributed by atoms with Crippen LogP contribution in [0.2, 0.25) is 0 Å². The van der Waals surface area contributed by atoms with Gasteiger partial charge in [-0.05, 0) is 42.5 Å². The summed E-state index contributed by atoms with van der Waals surface area (Å²) in [6, 6.07) is 11.3. The summed E-state index contributed by atoms with van der Waals surface area (Å²) in [4.78, 5) is 78.7. The second-order valence-electron chi connectivity index (χ2n) is 9.10. The number of benzene rings is 2. The number of nitrogens with one attached hydrogen (secondary N) is 3. The van der Waals surface area contributed by atoms with E-state index in [2.05, 4.69) is 15.6 Å². The van der Waals surface area contributed by atoms with Crippen LogP contribution in [0.25, 0.3) is 10.9 Å². The minimum absolute atomic E-state index is 0.0266. The van der Waals surface area contributed by atoms with E-state index in [0.717, 1.165) is 4.57 Å². The molecular weight excluding hydrogens is 538 g/mol. The smallest absolute Gasteiger partial charge is 0.329 e. The van der Waals surface area contributed by atoms with Crippen molar-refractivity contribution in [3.63, 3.8) is 0 Å². The van der Waals surface area contributed by atoms with Crippen LogP contribution in [0.3, 0.4) is 0 Å². The molecule has 0 saturated heterocycles. The zero-order chi connectivity index (χ0) is 29.2. The van der Waals surface area contributed by atoms with Gasteiger partial charge in [0.25, 0.3) is 5.56 Å². The summed E-state index contributed by atoms with van der Waals surface area (Å²) in [7, 11) is 0. The highest BCUT2D eigenvalue weighted by Gasteiger charge is 2.31. The maximum absolute atomic E-state index is 13.7. The van der Waals surface area contributed by atoms with Crippen LogP contribution in [0.1, 0.15) is 30.9 Å². The quantitative estimate of drug-likeness (QED) is 0.186. The van der Waals surface area contributed by atoms with Crippen molar-refractivity contribution < 1.29 is 24.3 Å². The maximum atomic E-state index is 13.7. The number of hydrogen-bond acceptors (Lipinski definition) is 7. The number of hydrogen-bond donors (Lipinski definition) is 5. The van der Waals surface area contributed by atoms with Crippen LogP contribution in [-0.2, 0) is 25.6 Å². The first-order valence-corrected chi connectivity index (χ1v) is 13.9. The van der Waals surface area contributed by atoms with Crippen molar-refractivity contribution >= 4 is 46.4 Å². The Balaban J connectivity index is 1.97. The van der Waals surface area contributed by atoms with Gasteiger partial charge in [-0.25, -0.2) is 14.2 Å². The van der Waals surface area contributed by atoms with Crippen molar-refractivity contribution in [2.45, 2.75) is 43.8 Å². The van der Waals surface area contributed by atoms with E-state index in [1.807, 2.05) is 0 Å². The summed E-state index contributed by atoms with van der Waals surface area (Å²) in [5.74, 6) is -3.19. The summed E-state index contributed by atoms with van der Waals surface area (Å²) < 4.78 is 0.834. The summed E-state index contributed by atoms with van der Waals surface area (Å²) >= 11 is 1.41. The number of fused-ring (bicyclic) bond motifs is 1. The third-order valence-corrected chi connectivity index (χ3v) is 6.90. The van der Waals surface area contributed by atoms with Crippen LogP contribution >= 0.6 is 11.8 Å². The monoisotopic (exact) mass is 569 g/mol. The van der Waals surface area contributed by atoms with E-state index >= 15 is 0 Å². The molecule has 1 aromatic heterocycles. The Morgan fingerprint density at radius 2 is 1.60 bits per heavy atom. The van der Waals surface area contributed by atoms with Crippen molar-refractivity contribution in [3.05, 3.63) is 81.0 Å². The molecule has 212 valence electrons. The molecule has 0 fully saturated rings. The number of primary amides is 1. The Hall–Kier alpha value is -4.39. The molecule has 40 heavy (non-hydrogen) atoms. The van der Waals surface area contributed by atoms with Crippen molar-refractivity contribution in [1.82, 2.24) is 20.2 Å². The number of aliphatic carboxylic acids is 1. The number of H-pyrrole nitrogens is 1. The molecule has 0 saturated carbocycles. The number of carboxylic acids is 1. The lowest BCUT2D eigenvalue weighted by Gasteiger charge is -2.24. The average Bonchev–Trinajstić information content (AvgIpc) is 2.92. The first-order chi connectivity index (χ1) is 19.1. The van der Waals surface area contributed by atoms with Gasteiger partial charge < -0.3 is 26.5 Å². The molecule has 3 atom stereocenters. The highest BCUT2D eigenvalue weighted by Crippen LogP contribution is 2.15. The van der Waals surface area contributed by atoms with E-state index in [4.69, 9.17) is 5.73 Å². The SMILES string of the molecule is CSCC[C@H](NC(=O)[C@H](Cc1ccccc1)n1c(=O)[nH]c2ccccc2c1=O)C(=O)N[C@H](CCC(N)=O)C(=O)O. The second-order valence-corrected chi connectivity index (χ2v) is 10.1. The molecule has 3 amide bonds. The van der Waals surface area contributed by atoms with Gasteiger partial charge in [0.15, 0.2) is 0 Å². The minimum atomic E-state index is -1.40. The van der Waals surface area contributed by atoms with E-state index in [1.165, 1.54) is 17.8 Å². The topological polar surface area (TPSA) is 193 Å². The molecule has 0 radical (unpaired) electrons. The molecule has 6 N–H and O–H groups in total. The zero-order valence-electron chi connectivity index (χ0n) is 21.8. The molecule has 0 unspecified atom stereocenters. The fourth-order valence-corrected chi connectivity index (χ4v) is 4.66. The standard InChI is InChI=1S/C27H31N5O7S/c1-40-14-13-19(23(34)30-20(26(37)38)11-12-22(28)33)29-24(35)21(15-16-7-3-2-4-8-16)32-25(36)17-9-5-6-10-18(17)31-27(32)39/h2-10,19-21H,11-15H2,1H3,(H2,28,33)(H,29,35)(H,30,34)(H,31,39)(H,37,38)/t19-,20+,21-/m0/s1. The molecular formula is C27H31N5O7S. The van der Waals surface area contributed by atoms with Gasteiger partial charge in [-0.15, -0.1) is 0 Å². The number of amides is 3. The maximum Gasteiger partial charge on any atom is 0.329 e. The van der Waals surface area contributed by atoms with Crippen molar-refractivity contribution in [2.24, 2.45) is 5.73 Å². The normalized spacial score (nSPS) is 13.2. The number of nitrogens with two attached hydrogens (primary N) is 1. The fourth-order valence-electron chi connectivity index (χ4n) is 4.19. The van der Waals surface area contributed by atoms with Crippen LogP contribution in [0.4, 0.5) is 0 Å². The lowest BCUT2D eigenvalue weighted by atomic mass is 10.0. The largest absolute Gasteiger partial charge is 0.480 e. The Morgan fingerprint density at radius 1 is 0.950 bits per heavy atom. The first kappa shape index (κ1) is 30.2. The van der Waals surface area contributed by atoms with Gasteiger partial charge in [0.2, 0.25) is 17.7 Å². The zero-order valence-corrected chi connectivity index (χ0v) is 22.6. The van der Waals surface area contributed by atoms with Crippen molar-refractivity contribution in [2.75, 3.05) is 12.0 Å². The lowest BCUT2D eigenvalue weighted by molar-refractivity contribution is -0.142. The molecule has 12 nitrogen and oxygen atoms in total. The van der Waals surface area contributed by atoms with Gasteiger partial charge in [0, 0.05) is 12.8 Å². The van der Waals surface area contributed by atoms with E-state index in [9.17, 15) is 33.9 Å². The Bertz CT molecular complexity index is 1490. The highest BCUT2D eigenvalue weighted by molar-refractivity contribution is 7.98. The van der Waals surface area contributed by atoms with E-state index in [-0.39, 0.29) is 31.1 Å². The van der Waals surface area contributed by atoms with E-state index in [0.29, 0.717) is 16.8 Å². The van der Waals surface area contributed by atoms with Crippen LogP contribution in [0.15, 0.2) is 64.2 Å². The first-order valence-electron chi connectivity index (χ1n) is 12.5. The average molecular weight is 570 g/mol. The predicted molar refractivity (Wildman–Crippen MR) is 151 cm³/mol. The van der Waals surface area contributed by atoms with Gasteiger partial charge in [-0.3, -0.25) is 19.2 Å². The molecule has 0 aliphatic rings. The fraction of sp³-hybridized carbons (Fsp3) is 0.333. The van der Waals surface area contributed by atoms with Crippen LogP contribution in [0, 0.1) is 0 Å². The summed E-state index contributed by atoms with van der Waals surface area (Å²) in [5, 5.41) is 14.7.